The van der Waals surface area contributed by atoms with Gasteiger partial charge in [-0.1, -0.05) is 32.0 Å². The minimum Gasteiger partial charge on any atom is -0.363 e. The van der Waals surface area contributed by atoms with Gasteiger partial charge in [0.25, 0.3) is 5.92 Å². The van der Waals surface area contributed by atoms with E-state index in [0.29, 0.717) is 29.1 Å². The second kappa shape index (κ2) is 8.50. The van der Waals surface area contributed by atoms with Crippen LogP contribution in [0.2, 0.25) is 0 Å². The second-order valence-electron chi connectivity index (χ2n) is 10.0. The Labute approximate surface area is 203 Å². The number of likely N-dealkylation sites (N-methyl/N-ethyl adjacent to an activating group) is 1. The van der Waals surface area contributed by atoms with E-state index < -0.39 is 34.7 Å². The predicted octanol–water partition coefficient (Wildman–Crippen LogP) is 6.64. The van der Waals surface area contributed by atoms with Crippen molar-refractivity contribution < 1.29 is 18.0 Å². The lowest BCUT2D eigenvalue weighted by atomic mass is 9.85. The fourth-order valence-electron chi connectivity index (χ4n) is 4.73. The summed E-state index contributed by atoms with van der Waals surface area (Å²) in [5.41, 5.74) is 1.18. The number of nitrogens with zero attached hydrogens (tertiary/aromatic N) is 3. The van der Waals surface area contributed by atoms with E-state index >= 15 is 4.39 Å². The number of rotatable bonds is 6. The lowest BCUT2D eigenvalue weighted by Gasteiger charge is -2.24. The zero-order chi connectivity index (χ0) is 25.9. The number of benzene rings is 2. The van der Waals surface area contributed by atoms with Gasteiger partial charge in [-0.25, -0.2) is 23.1 Å². The van der Waals surface area contributed by atoms with Gasteiger partial charge >= 0.3 is 0 Å². The molecule has 0 aliphatic carbocycles. The van der Waals surface area contributed by atoms with E-state index in [1.807, 2.05) is 32.9 Å². The van der Waals surface area contributed by atoms with Crippen LogP contribution in [0.3, 0.4) is 0 Å². The Balaban J connectivity index is 1.80. The molecule has 2 aromatic carbocycles. The molecule has 35 heavy (non-hydrogen) atoms. The summed E-state index contributed by atoms with van der Waals surface area (Å²) < 4.78 is 44.6. The molecule has 5 nitrogen and oxygen atoms in total. The monoisotopic (exact) mass is 484 g/mol. The third-order valence-corrected chi connectivity index (χ3v) is 6.92. The molecule has 1 N–H and O–H groups in total. The fraction of sp³-hybridized carbons (Fsp3) is 0.444. The average molecular weight is 485 g/mol. The van der Waals surface area contributed by atoms with Crippen molar-refractivity contribution in [3.05, 3.63) is 58.7 Å². The summed E-state index contributed by atoms with van der Waals surface area (Å²) in [7, 11) is 0. The van der Waals surface area contributed by atoms with Gasteiger partial charge in [0.1, 0.15) is 17.5 Å². The number of fused-ring (bicyclic) bond motifs is 2. The molecule has 0 spiro atoms. The zero-order valence-electron chi connectivity index (χ0n) is 21.1. The van der Waals surface area contributed by atoms with Crippen LogP contribution in [0.1, 0.15) is 70.1 Å². The third kappa shape index (κ3) is 3.93. The largest absolute Gasteiger partial charge is 0.363 e. The number of carbonyl (C=O) groups is 1. The Morgan fingerprint density at radius 1 is 1.14 bits per heavy atom. The molecule has 186 valence electrons. The molecule has 3 aromatic rings. The van der Waals surface area contributed by atoms with Crippen LogP contribution in [-0.4, -0.2) is 22.4 Å². The van der Waals surface area contributed by atoms with Gasteiger partial charge in [0, 0.05) is 29.1 Å². The van der Waals surface area contributed by atoms with Gasteiger partial charge in [-0.15, -0.1) is 0 Å². The number of halogens is 3. The maximum absolute atomic E-state index is 15.3. The molecule has 0 fully saturated rings. The summed E-state index contributed by atoms with van der Waals surface area (Å²) in [5, 5.41) is 3.88. The lowest BCUT2D eigenvalue weighted by molar-refractivity contribution is -0.122. The Morgan fingerprint density at radius 2 is 1.83 bits per heavy atom. The summed E-state index contributed by atoms with van der Waals surface area (Å²) >= 11 is 0. The first-order valence-electron chi connectivity index (χ1n) is 11.9. The molecule has 0 saturated heterocycles. The fourth-order valence-corrected chi connectivity index (χ4v) is 4.73. The number of alkyl halides is 2. The molecule has 8 heteroatoms. The Kier molecular flexibility index (Phi) is 6.06. The standard InChI is InChI=1S/C27H31F3N4O/c1-8-34-22-12-18-21(13-20(22)26(6,7)25(34)35)32-16(5)33-24(18)31-15(4)17-10-9-11-19(23(17)28)27(29,30)14(2)3/h9-15H,8H2,1-7H3,(H,31,32,33)/t15-/m1/s1. The Morgan fingerprint density at radius 3 is 2.46 bits per heavy atom. The first kappa shape index (κ1) is 24.9. The highest BCUT2D eigenvalue weighted by Gasteiger charge is 2.44. The van der Waals surface area contributed by atoms with Gasteiger partial charge in [0.15, 0.2) is 0 Å². The van der Waals surface area contributed by atoms with E-state index in [1.54, 1.807) is 18.7 Å². The molecule has 1 atom stereocenters. The molecule has 0 saturated carbocycles. The summed E-state index contributed by atoms with van der Waals surface area (Å²) in [5.74, 6) is -4.28. The van der Waals surface area contributed by atoms with Crippen LogP contribution >= 0.6 is 0 Å². The van der Waals surface area contributed by atoms with Gasteiger partial charge in [-0.05, 0) is 52.3 Å². The molecule has 2 heterocycles. The van der Waals surface area contributed by atoms with Crippen LogP contribution in [0.15, 0.2) is 30.3 Å². The zero-order valence-corrected chi connectivity index (χ0v) is 21.1. The first-order valence-corrected chi connectivity index (χ1v) is 11.9. The number of aryl methyl sites for hydroxylation is 1. The minimum atomic E-state index is -3.29. The average Bonchev–Trinajstić information content (AvgIpc) is 2.97. The third-order valence-electron chi connectivity index (χ3n) is 6.92. The second-order valence-corrected chi connectivity index (χ2v) is 10.0. The van der Waals surface area contributed by atoms with Gasteiger partial charge in [-0.3, -0.25) is 4.79 Å². The van der Waals surface area contributed by atoms with Crippen molar-refractivity contribution >= 4 is 28.3 Å². The van der Waals surface area contributed by atoms with Crippen LogP contribution in [0.25, 0.3) is 10.9 Å². The maximum Gasteiger partial charge on any atom is 0.278 e. The van der Waals surface area contributed by atoms with Crippen molar-refractivity contribution in [2.75, 3.05) is 16.8 Å². The number of hydrogen-bond donors (Lipinski definition) is 1. The Bertz CT molecular complexity index is 1320. The summed E-state index contributed by atoms with van der Waals surface area (Å²) in [6, 6.07) is 7.23. The van der Waals surface area contributed by atoms with E-state index in [9.17, 15) is 13.6 Å². The molecule has 1 aromatic heterocycles. The van der Waals surface area contributed by atoms with Gasteiger partial charge in [0.2, 0.25) is 5.91 Å². The molecule has 4 rings (SSSR count). The number of carbonyl (C=O) groups excluding carboxylic acids is 1. The highest BCUT2D eigenvalue weighted by molar-refractivity contribution is 6.10. The van der Waals surface area contributed by atoms with Crippen molar-refractivity contribution in [3.63, 3.8) is 0 Å². The van der Waals surface area contributed by atoms with Crippen LogP contribution < -0.4 is 10.2 Å². The molecule has 0 bridgehead atoms. The van der Waals surface area contributed by atoms with Crippen molar-refractivity contribution in [2.24, 2.45) is 5.92 Å². The minimum absolute atomic E-state index is 0.0165. The van der Waals surface area contributed by atoms with E-state index in [0.717, 1.165) is 17.3 Å². The normalized spacial score (nSPS) is 16.2. The van der Waals surface area contributed by atoms with E-state index in [-0.39, 0.29) is 11.5 Å². The topological polar surface area (TPSA) is 58.1 Å². The van der Waals surface area contributed by atoms with Crippen molar-refractivity contribution in [3.8, 4) is 0 Å². The van der Waals surface area contributed by atoms with Crippen LogP contribution in [0.4, 0.5) is 24.7 Å². The maximum atomic E-state index is 15.3. The Hall–Kier alpha value is -3.16. The van der Waals surface area contributed by atoms with Gasteiger partial charge in [0.05, 0.1) is 22.5 Å². The van der Waals surface area contributed by atoms with Crippen molar-refractivity contribution in [2.45, 2.75) is 65.8 Å². The van der Waals surface area contributed by atoms with Crippen LogP contribution in [0.5, 0.6) is 0 Å². The first-order chi connectivity index (χ1) is 16.3. The molecular weight excluding hydrogens is 453 g/mol. The highest BCUT2D eigenvalue weighted by atomic mass is 19.3. The smallest absolute Gasteiger partial charge is 0.278 e. The molecule has 1 aliphatic rings. The number of amides is 1. The summed E-state index contributed by atoms with van der Waals surface area (Å²) in [6.07, 6.45) is 0. The molecule has 1 aliphatic heterocycles. The van der Waals surface area contributed by atoms with E-state index in [4.69, 9.17) is 0 Å². The highest BCUT2D eigenvalue weighted by Crippen LogP contribution is 2.44. The summed E-state index contributed by atoms with van der Waals surface area (Å²) in [4.78, 5) is 23.8. The summed E-state index contributed by atoms with van der Waals surface area (Å²) in [6.45, 7) is 12.4. The number of nitrogens with one attached hydrogen (secondary N) is 1. The number of aromatic nitrogens is 2. The quantitative estimate of drug-likeness (QED) is 0.426. The van der Waals surface area contributed by atoms with Gasteiger partial charge in [-0.2, -0.15) is 0 Å². The SMILES string of the molecule is CCN1C(=O)C(C)(C)c2cc3nc(C)nc(N[C@H](C)c4cccc(C(F)(F)C(C)C)c4F)c3cc21. The van der Waals surface area contributed by atoms with Crippen LogP contribution in [-0.2, 0) is 16.1 Å². The van der Waals surface area contributed by atoms with Gasteiger partial charge < -0.3 is 10.2 Å². The number of anilines is 2. The molecule has 1 amide bonds. The predicted molar refractivity (Wildman–Crippen MR) is 132 cm³/mol. The number of hydrogen-bond acceptors (Lipinski definition) is 4. The van der Waals surface area contributed by atoms with Crippen molar-refractivity contribution in [1.82, 2.24) is 9.97 Å². The molecule has 0 radical (unpaired) electrons. The molecule has 0 unspecified atom stereocenters. The van der Waals surface area contributed by atoms with Crippen LogP contribution in [0, 0.1) is 18.7 Å². The lowest BCUT2D eigenvalue weighted by Crippen LogP contribution is -2.35. The van der Waals surface area contributed by atoms with E-state index in [1.165, 1.54) is 26.0 Å². The van der Waals surface area contributed by atoms with Crippen molar-refractivity contribution in [1.29, 1.82) is 0 Å². The van der Waals surface area contributed by atoms with E-state index in [2.05, 4.69) is 15.3 Å². The molecular formula is C27H31F3N4O.